The molecule has 0 aromatic heterocycles. The van der Waals surface area contributed by atoms with Crippen molar-refractivity contribution in [3.63, 3.8) is 0 Å². The van der Waals surface area contributed by atoms with Gasteiger partial charge < -0.3 is 15.3 Å². The van der Waals surface area contributed by atoms with Crippen LogP contribution >= 0.6 is 0 Å². The highest BCUT2D eigenvalue weighted by Crippen LogP contribution is 2.29. The van der Waals surface area contributed by atoms with Crippen LogP contribution in [0.25, 0.3) is 0 Å². The van der Waals surface area contributed by atoms with E-state index in [4.69, 9.17) is 5.11 Å². The topological polar surface area (TPSA) is 86.7 Å². The summed E-state index contributed by atoms with van der Waals surface area (Å²) in [6, 6.07) is 3.45. The van der Waals surface area contributed by atoms with Crippen molar-refractivity contribution >= 4 is 17.8 Å². The number of benzene rings is 1. The highest BCUT2D eigenvalue weighted by atomic mass is 19.4. The zero-order valence-electron chi connectivity index (χ0n) is 12.5. The number of carbonyl (C=O) groups excluding carboxylic acids is 2. The predicted octanol–water partition coefficient (Wildman–Crippen LogP) is 1.51. The first-order valence-electron chi connectivity index (χ1n) is 7.15. The van der Waals surface area contributed by atoms with Gasteiger partial charge in [-0.15, -0.1) is 0 Å². The molecule has 0 aliphatic heterocycles. The summed E-state index contributed by atoms with van der Waals surface area (Å²) in [4.78, 5) is 35.8. The van der Waals surface area contributed by atoms with Crippen LogP contribution in [0.15, 0.2) is 24.3 Å². The molecular weight excluding hydrogens is 329 g/mol. The smallest absolute Gasteiger partial charge is 0.416 e. The third-order valence-electron chi connectivity index (χ3n) is 3.49. The van der Waals surface area contributed by atoms with Crippen LogP contribution in [0, 0.1) is 0 Å². The van der Waals surface area contributed by atoms with Crippen molar-refractivity contribution < 1.29 is 32.7 Å². The number of aliphatic carboxylic acids is 1. The average molecular weight is 344 g/mol. The molecule has 130 valence electrons. The number of hydrogen-bond acceptors (Lipinski definition) is 3. The number of amides is 2. The molecule has 1 aromatic carbocycles. The number of halogens is 3. The first-order chi connectivity index (χ1) is 11.2. The Bertz CT molecular complexity index is 639. The maximum absolute atomic E-state index is 12.5. The zero-order valence-corrected chi connectivity index (χ0v) is 12.5. The van der Waals surface area contributed by atoms with Gasteiger partial charge in [0, 0.05) is 11.6 Å². The molecule has 1 aromatic rings. The Hall–Kier alpha value is -2.58. The lowest BCUT2D eigenvalue weighted by Gasteiger charge is -2.20. The summed E-state index contributed by atoms with van der Waals surface area (Å²) in [5, 5.41) is 11.1. The summed E-state index contributed by atoms with van der Waals surface area (Å²) in [5.41, 5.74) is -0.900. The van der Waals surface area contributed by atoms with Crippen molar-refractivity contribution in [2.24, 2.45) is 0 Å². The van der Waals surface area contributed by atoms with Crippen LogP contribution in [0.3, 0.4) is 0 Å². The van der Waals surface area contributed by atoms with Crippen molar-refractivity contribution in [2.75, 3.05) is 13.1 Å². The maximum Gasteiger partial charge on any atom is 0.416 e. The van der Waals surface area contributed by atoms with E-state index in [-0.39, 0.29) is 11.6 Å². The molecule has 1 aliphatic carbocycles. The summed E-state index contributed by atoms with van der Waals surface area (Å²) in [7, 11) is 0. The van der Waals surface area contributed by atoms with E-state index in [1.807, 2.05) is 0 Å². The van der Waals surface area contributed by atoms with Crippen LogP contribution in [0.1, 0.15) is 28.8 Å². The quantitative estimate of drug-likeness (QED) is 0.819. The van der Waals surface area contributed by atoms with Crippen LogP contribution in [-0.4, -0.2) is 46.9 Å². The minimum Gasteiger partial charge on any atom is -0.480 e. The molecule has 6 nitrogen and oxygen atoms in total. The Morgan fingerprint density at radius 3 is 2.21 bits per heavy atom. The van der Waals surface area contributed by atoms with Gasteiger partial charge in [-0.05, 0) is 37.1 Å². The van der Waals surface area contributed by atoms with Gasteiger partial charge in [-0.1, -0.05) is 0 Å². The maximum atomic E-state index is 12.5. The van der Waals surface area contributed by atoms with Crippen LogP contribution in [0.5, 0.6) is 0 Å². The first kappa shape index (κ1) is 17.8. The van der Waals surface area contributed by atoms with Crippen molar-refractivity contribution in [1.29, 1.82) is 0 Å². The second-order valence-electron chi connectivity index (χ2n) is 5.40. The summed E-state index contributed by atoms with van der Waals surface area (Å²) in [6.45, 7) is -0.858. The fourth-order valence-electron chi connectivity index (χ4n) is 2.12. The SMILES string of the molecule is O=C(O)CN(C(=O)CNC(=O)c1ccc(C(F)(F)F)cc1)C1CC1. The molecule has 0 atom stereocenters. The van der Waals surface area contributed by atoms with Crippen molar-refractivity contribution in [3.8, 4) is 0 Å². The van der Waals surface area contributed by atoms with Gasteiger partial charge >= 0.3 is 12.1 Å². The van der Waals surface area contributed by atoms with E-state index in [1.54, 1.807) is 0 Å². The number of carboxylic acid groups (broad SMARTS) is 1. The molecular formula is C15H15F3N2O4. The van der Waals surface area contributed by atoms with Crippen LogP contribution in [-0.2, 0) is 15.8 Å². The first-order valence-corrected chi connectivity index (χ1v) is 7.15. The van der Waals surface area contributed by atoms with Gasteiger partial charge in [0.05, 0.1) is 12.1 Å². The van der Waals surface area contributed by atoms with E-state index in [2.05, 4.69) is 5.32 Å². The predicted molar refractivity (Wildman–Crippen MR) is 76.1 cm³/mol. The number of carboxylic acids is 1. The third kappa shape index (κ3) is 4.71. The van der Waals surface area contributed by atoms with Crippen LogP contribution < -0.4 is 5.32 Å². The molecule has 24 heavy (non-hydrogen) atoms. The third-order valence-corrected chi connectivity index (χ3v) is 3.49. The lowest BCUT2D eigenvalue weighted by atomic mass is 10.1. The lowest BCUT2D eigenvalue weighted by molar-refractivity contribution is -0.144. The fraction of sp³-hybridized carbons (Fsp3) is 0.400. The molecule has 0 radical (unpaired) electrons. The van der Waals surface area contributed by atoms with E-state index in [0.717, 1.165) is 24.3 Å². The van der Waals surface area contributed by atoms with E-state index < -0.39 is 42.6 Å². The van der Waals surface area contributed by atoms with Gasteiger partial charge in [-0.25, -0.2) is 0 Å². The average Bonchev–Trinajstić information content (AvgIpc) is 3.33. The van der Waals surface area contributed by atoms with Crippen molar-refractivity contribution in [1.82, 2.24) is 10.2 Å². The summed E-state index contributed by atoms with van der Waals surface area (Å²) >= 11 is 0. The molecule has 9 heteroatoms. The monoisotopic (exact) mass is 344 g/mol. The van der Waals surface area contributed by atoms with Gasteiger partial charge in [-0.3, -0.25) is 14.4 Å². The Morgan fingerprint density at radius 1 is 1.17 bits per heavy atom. The highest BCUT2D eigenvalue weighted by Gasteiger charge is 2.34. The second-order valence-corrected chi connectivity index (χ2v) is 5.40. The number of rotatable bonds is 6. The molecule has 0 bridgehead atoms. The second kappa shape index (κ2) is 6.90. The van der Waals surface area contributed by atoms with Crippen LogP contribution in [0.2, 0.25) is 0 Å². The molecule has 2 rings (SSSR count). The van der Waals surface area contributed by atoms with E-state index in [0.29, 0.717) is 12.8 Å². The minimum atomic E-state index is -4.49. The molecule has 0 heterocycles. The Morgan fingerprint density at radius 2 is 1.75 bits per heavy atom. The summed E-state index contributed by atoms with van der Waals surface area (Å²) in [6.07, 6.45) is -3.07. The standard InChI is InChI=1S/C15H15F3N2O4/c16-15(17,18)10-3-1-9(2-4-10)14(24)19-7-12(21)20(8-13(22)23)11-5-6-11/h1-4,11H,5-8H2,(H,19,24)(H,22,23). The highest BCUT2D eigenvalue weighted by molar-refractivity contribution is 5.96. The van der Waals surface area contributed by atoms with Crippen molar-refractivity contribution in [2.45, 2.75) is 25.1 Å². The van der Waals surface area contributed by atoms with Gasteiger partial charge in [0.25, 0.3) is 5.91 Å². The fourth-order valence-corrected chi connectivity index (χ4v) is 2.12. The molecule has 1 fully saturated rings. The van der Waals surface area contributed by atoms with Gasteiger partial charge in [0.15, 0.2) is 0 Å². The number of nitrogens with zero attached hydrogens (tertiary/aromatic N) is 1. The normalized spacial score (nSPS) is 14.1. The number of carbonyl (C=O) groups is 3. The van der Waals surface area contributed by atoms with E-state index in [1.165, 1.54) is 4.90 Å². The summed E-state index contributed by atoms with van der Waals surface area (Å²) in [5.74, 6) is -2.40. The minimum absolute atomic E-state index is 0.0213. The molecule has 1 aliphatic rings. The lowest BCUT2D eigenvalue weighted by Crippen LogP contribution is -2.43. The van der Waals surface area contributed by atoms with Gasteiger partial charge in [0.2, 0.25) is 5.91 Å². The van der Waals surface area contributed by atoms with Crippen LogP contribution in [0.4, 0.5) is 13.2 Å². The number of hydrogen-bond donors (Lipinski definition) is 2. The Balaban J connectivity index is 1.92. The zero-order chi connectivity index (χ0) is 17.9. The molecule has 2 amide bonds. The molecule has 0 unspecified atom stereocenters. The molecule has 0 saturated heterocycles. The Labute approximate surface area is 135 Å². The van der Waals surface area contributed by atoms with E-state index >= 15 is 0 Å². The van der Waals surface area contributed by atoms with Gasteiger partial charge in [-0.2, -0.15) is 13.2 Å². The largest absolute Gasteiger partial charge is 0.480 e. The summed E-state index contributed by atoms with van der Waals surface area (Å²) < 4.78 is 37.4. The van der Waals surface area contributed by atoms with Crippen molar-refractivity contribution in [3.05, 3.63) is 35.4 Å². The number of nitrogens with one attached hydrogen (secondary N) is 1. The Kier molecular flexibility index (Phi) is 5.10. The number of alkyl halides is 3. The molecule has 0 spiro atoms. The van der Waals surface area contributed by atoms with Gasteiger partial charge in [0.1, 0.15) is 6.54 Å². The molecule has 2 N–H and O–H groups in total. The van der Waals surface area contributed by atoms with E-state index in [9.17, 15) is 27.6 Å². The molecule has 1 saturated carbocycles.